The molecule has 0 aliphatic carbocycles. The van der Waals surface area contributed by atoms with Gasteiger partial charge in [-0.1, -0.05) is 78.9 Å². The highest BCUT2D eigenvalue weighted by Gasteiger charge is 2.24. The molecule has 0 bridgehead atoms. The van der Waals surface area contributed by atoms with Crippen LogP contribution in [0.5, 0.6) is 5.75 Å². The van der Waals surface area contributed by atoms with E-state index in [0.29, 0.717) is 29.5 Å². The second-order valence-corrected chi connectivity index (χ2v) is 10.5. The summed E-state index contributed by atoms with van der Waals surface area (Å²) in [5, 5.41) is 5.98. The van der Waals surface area contributed by atoms with E-state index in [0.717, 1.165) is 44.5 Å². The standard InChI is InChI=1S/C35H37N3O3/c39-34(26-41-31-14-8-3-9-15-31)37-30-16-17-33(32(25-30)35(40)36-21-18-27-10-4-1-5-11-27)38-22-19-29(20-23-38)24-28-12-6-2-7-13-28/h1-17,25,29H,18-24,26H2,(H,36,40)(H,37,39). The van der Waals surface area contributed by atoms with Gasteiger partial charge in [0.1, 0.15) is 5.75 Å². The first-order valence-electron chi connectivity index (χ1n) is 14.4. The number of nitrogens with zero attached hydrogens (tertiary/aromatic N) is 1. The normalized spacial score (nSPS) is 13.4. The molecule has 2 N–H and O–H groups in total. The molecule has 41 heavy (non-hydrogen) atoms. The summed E-state index contributed by atoms with van der Waals surface area (Å²) in [4.78, 5) is 28.4. The third-order valence-electron chi connectivity index (χ3n) is 7.50. The maximum Gasteiger partial charge on any atom is 0.262 e. The van der Waals surface area contributed by atoms with Gasteiger partial charge in [-0.15, -0.1) is 0 Å². The Morgan fingerprint density at radius 2 is 1.41 bits per heavy atom. The number of hydrogen-bond acceptors (Lipinski definition) is 4. The zero-order valence-corrected chi connectivity index (χ0v) is 23.3. The van der Waals surface area contributed by atoms with Crippen molar-refractivity contribution in [3.8, 4) is 5.75 Å². The second-order valence-electron chi connectivity index (χ2n) is 10.5. The number of rotatable bonds is 11. The molecule has 0 atom stereocenters. The van der Waals surface area contributed by atoms with Crippen LogP contribution in [0.3, 0.4) is 0 Å². The second kappa shape index (κ2) is 14.2. The van der Waals surface area contributed by atoms with Crippen LogP contribution in [0.4, 0.5) is 11.4 Å². The molecule has 4 aromatic rings. The van der Waals surface area contributed by atoms with Crippen molar-refractivity contribution >= 4 is 23.2 Å². The number of benzene rings is 4. The van der Waals surface area contributed by atoms with Crippen LogP contribution in [-0.2, 0) is 17.6 Å². The fraction of sp³-hybridized carbons (Fsp3) is 0.257. The number of carbonyl (C=O) groups is 2. The summed E-state index contributed by atoms with van der Waals surface area (Å²) in [6.45, 7) is 2.19. The molecule has 5 rings (SSSR count). The molecule has 6 nitrogen and oxygen atoms in total. The first-order chi connectivity index (χ1) is 20.1. The molecule has 0 radical (unpaired) electrons. The number of carbonyl (C=O) groups excluding carboxylic acids is 2. The Morgan fingerprint density at radius 3 is 2.10 bits per heavy atom. The van der Waals surface area contributed by atoms with Gasteiger partial charge < -0.3 is 20.3 Å². The fourth-order valence-corrected chi connectivity index (χ4v) is 5.32. The highest BCUT2D eigenvalue weighted by Crippen LogP contribution is 2.30. The molecule has 1 fully saturated rings. The number of nitrogens with one attached hydrogen (secondary N) is 2. The molecular formula is C35H37N3O3. The van der Waals surface area contributed by atoms with Gasteiger partial charge in [0, 0.05) is 31.0 Å². The lowest BCUT2D eigenvalue weighted by molar-refractivity contribution is -0.118. The Kier molecular flexibility index (Phi) is 9.67. The number of anilines is 2. The van der Waals surface area contributed by atoms with Gasteiger partial charge in [0.15, 0.2) is 6.61 Å². The Labute approximate surface area is 242 Å². The third-order valence-corrected chi connectivity index (χ3v) is 7.50. The lowest BCUT2D eigenvalue weighted by Crippen LogP contribution is -2.36. The zero-order chi connectivity index (χ0) is 28.3. The number of piperidine rings is 1. The SMILES string of the molecule is O=C(COc1ccccc1)Nc1ccc(N2CCC(Cc3ccccc3)CC2)c(C(=O)NCCc2ccccc2)c1. The summed E-state index contributed by atoms with van der Waals surface area (Å²) in [7, 11) is 0. The first kappa shape index (κ1) is 28.0. The minimum absolute atomic E-state index is 0.112. The molecule has 6 heteroatoms. The van der Waals surface area contributed by atoms with E-state index in [4.69, 9.17) is 4.74 Å². The Balaban J connectivity index is 1.25. The maximum atomic E-state index is 13.5. The first-order valence-corrected chi connectivity index (χ1v) is 14.4. The van der Waals surface area contributed by atoms with Crippen molar-refractivity contribution in [2.24, 2.45) is 5.92 Å². The van der Waals surface area contributed by atoms with Gasteiger partial charge in [-0.25, -0.2) is 0 Å². The smallest absolute Gasteiger partial charge is 0.262 e. The van der Waals surface area contributed by atoms with Crippen LogP contribution in [-0.4, -0.2) is 38.1 Å². The van der Waals surface area contributed by atoms with Crippen LogP contribution in [0, 0.1) is 5.92 Å². The summed E-state index contributed by atoms with van der Waals surface area (Å²) >= 11 is 0. The summed E-state index contributed by atoms with van der Waals surface area (Å²) in [6.07, 6.45) is 3.97. The van der Waals surface area contributed by atoms with Crippen molar-refractivity contribution in [1.82, 2.24) is 5.32 Å². The number of hydrogen-bond donors (Lipinski definition) is 2. The summed E-state index contributed by atoms with van der Waals surface area (Å²) in [5.74, 6) is 0.838. The molecule has 0 saturated carbocycles. The van der Waals surface area contributed by atoms with Gasteiger partial charge in [0.25, 0.3) is 11.8 Å². The van der Waals surface area contributed by atoms with Crippen molar-refractivity contribution in [2.45, 2.75) is 25.7 Å². The predicted octanol–water partition coefficient (Wildman–Crippen LogP) is 6.14. The van der Waals surface area contributed by atoms with Crippen LogP contribution in [0.15, 0.2) is 109 Å². The van der Waals surface area contributed by atoms with Crippen molar-refractivity contribution in [1.29, 1.82) is 0 Å². The van der Waals surface area contributed by atoms with Gasteiger partial charge in [-0.3, -0.25) is 9.59 Å². The van der Waals surface area contributed by atoms with Crippen LogP contribution in [0.1, 0.15) is 34.3 Å². The molecule has 1 saturated heterocycles. The van der Waals surface area contributed by atoms with E-state index in [1.807, 2.05) is 60.7 Å². The van der Waals surface area contributed by atoms with E-state index < -0.39 is 0 Å². The lowest BCUT2D eigenvalue weighted by Gasteiger charge is -2.35. The number of amides is 2. The van der Waals surface area contributed by atoms with E-state index in [1.165, 1.54) is 11.1 Å². The highest BCUT2D eigenvalue weighted by molar-refractivity contribution is 6.02. The zero-order valence-electron chi connectivity index (χ0n) is 23.3. The molecule has 1 aliphatic heterocycles. The van der Waals surface area contributed by atoms with E-state index in [1.54, 1.807) is 6.07 Å². The molecule has 0 spiro atoms. The van der Waals surface area contributed by atoms with Crippen LogP contribution >= 0.6 is 0 Å². The summed E-state index contributed by atoms with van der Waals surface area (Å²) in [5.41, 5.74) is 4.59. The molecule has 2 amide bonds. The molecule has 0 aromatic heterocycles. The van der Waals surface area contributed by atoms with E-state index in [9.17, 15) is 9.59 Å². The van der Waals surface area contributed by atoms with Crippen LogP contribution in [0.25, 0.3) is 0 Å². The average Bonchev–Trinajstić information content (AvgIpc) is 3.02. The molecular weight excluding hydrogens is 510 g/mol. The molecule has 4 aromatic carbocycles. The quantitative estimate of drug-likeness (QED) is 0.237. The van der Waals surface area contributed by atoms with Crippen molar-refractivity contribution in [2.75, 3.05) is 36.5 Å². The van der Waals surface area contributed by atoms with Gasteiger partial charge >= 0.3 is 0 Å². The minimum atomic E-state index is -0.279. The van der Waals surface area contributed by atoms with E-state index in [2.05, 4.69) is 58.0 Å². The Bertz CT molecular complexity index is 1400. The van der Waals surface area contributed by atoms with Crippen molar-refractivity contribution in [3.63, 3.8) is 0 Å². The Morgan fingerprint density at radius 1 is 0.780 bits per heavy atom. The molecule has 210 valence electrons. The highest BCUT2D eigenvalue weighted by atomic mass is 16.5. The van der Waals surface area contributed by atoms with Gasteiger partial charge in [-0.05, 0) is 73.1 Å². The van der Waals surface area contributed by atoms with Crippen LogP contribution < -0.4 is 20.3 Å². The van der Waals surface area contributed by atoms with Gasteiger partial charge in [0.2, 0.25) is 0 Å². The molecule has 1 heterocycles. The van der Waals surface area contributed by atoms with E-state index >= 15 is 0 Å². The summed E-state index contributed by atoms with van der Waals surface area (Å²) in [6, 6.07) is 35.6. The minimum Gasteiger partial charge on any atom is -0.484 e. The largest absolute Gasteiger partial charge is 0.484 e. The maximum absolute atomic E-state index is 13.5. The van der Waals surface area contributed by atoms with E-state index in [-0.39, 0.29) is 18.4 Å². The monoisotopic (exact) mass is 547 g/mol. The fourth-order valence-electron chi connectivity index (χ4n) is 5.32. The van der Waals surface area contributed by atoms with Crippen molar-refractivity contribution < 1.29 is 14.3 Å². The van der Waals surface area contributed by atoms with Crippen LogP contribution in [0.2, 0.25) is 0 Å². The lowest BCUT2D eigenvalue weighted by atomic mass is 9.89. The average molecular weight is 548 g/mol. The predicted molar refractivity (Wildman–Crippen MR) is 165 cm³/mol. The van der Waals surface area contributed by atoms with Crippen molar-refractivity contribution in [3.05, 3.63) is 126 Å². The van der Waals surface area contributed by atoms with Gasteiger partial charge in [0.05, 0.1) is 5.56 Å². The number of para-hydroxylation sites is 1. The topological polar surface area (TPSA) is 70.7 Å². The number of ether oxygens (including phenoxy) is 1. The van der Waals surface area contributed by atoms with Gasteiger partial charge in [-0.2, -0.15) is 0 Å². The molecule has 1 aliphatic rings. The Hall–Kier alpha value is -4.58. The molecule has 0 unspecified atom stereocenters. The third kappa shape index (κ3) is 8.21. The summed E-state index contributed by atoms with van der Waals surface area (Å²) < 4.78 is 5.58.